The fourth-order valence-corrected chi connectivity index (χ4v) is 3.08. The lowest BCUT2D eigenvalue weighted by Crippen LogP contribution is -2.13. The second-order valence-corrected chi connectivity index (χ2v) is 5.90. The summed E-state index contributed by atoms with van der Waals surface area (Å²) in [4.78, 5) is 0. The molecule has 1 aliphatic carbocycles. The van der Waals surface area contributed by atoms with Gasteiger partial charge in [-0.1, -0.05) is 13.3 Å². The van der Waals surface area contributed by atoms with Crippen molar-refractivity contribution in [3.8, 4) is 0 Å². The van der Waals surface area contributed by atoms with E-state index in [1.54, 1.807) is 0 Å². The summed E-state index contributed by atoms with van der Waals surface area (Å²) in [6, 6.07) is 2.35. The molecular formula is C17H19F5. The van der Waals surface area contributed by atoms with E-state index in [-0.39, 0.29) is 12.0 Å². The van der Waals surface area contributed by atoms with Crippen LogP contribution in [0.15, 0.2) is 18.2 Å². The van der Waals surface area contributed by atoms with Crippen LogP contribution < -0.4 is 0 Å². The van der Waals surface area contributed by atoms with Crippen molar-refractivity contribution in [1.29, 1.82) is 0 Å². The first-order chi connectivity index (χ1) is 10.3. The molecule has 0 bridgehead atoms. The Morgan fingerprint density at radius 2 is 1.59 bits per heavy atom. The maximum atomic E-state index is 13.9. The Balaban J connectivity index is 2.18. The largest absolute Gasteiger partial charge is 0.409 e. The Hall–Kier alpha value is -1.39. The molecule has 122 valence electrons. The first-order valence-electron chi connectivity index (χ1n) is 7.55. The van der Waals surface area contributed by atoms with Gasteiger partial charge >= 0.3 is 6.18 Å². The third-order valence-electron chi connectivity index (χ3n) is 4.44. The lowest BCUT2D eigenvalue weighted by atomic mass is 9.77. The highest BCUT2D eigenvalue weighted by molar-refractivity contribution is 5.52. The number of hydrogen-bond donors (Lipinski definition) is 0. The van der Waals surface area contributed by atoms with Crippen molar-refractivity contribution in [2.45, 2.75) is 51.1 Å². The van der Waals surface area contributed by atoms with E-state index in [0.717, 1.165) is 32.1 Å². The van der Waals surface area contributed by atoms with Crippen LogP contribution in [0, 0.1) is 17.6 Å². The normalized spacial score (nSPS) is 23.2. The van der Waals surface area contributed by atoms with E-state index in [0.29, 0.717) is 17.6 Å². The first kappa shape index (κ1) is 17.0. The Morgan fingerprint density at radius 3 is 2.05 bits per heavy atom. The molecular weight excluding hydrogens is 299 g/mol. The van der Waals surface area contributed by atoms with E-state index in [1.165, 1.54) is 12.1 Å². The third kappa shape index (κ3) is 4.31. The quantitative estimate of drug-likeness (QED) is 0.580. The summed E-state index contributed by atoms with van der Waals surface area (Å²) >= 11 is 0. The van der Waals surface area contributed by atoms with Crippen LogP contribution in [0.4, 0.5) is 22.0 Å². The molecule has 0 spiro atoms. The van der Waals surface area contributed by atoms with Gasteiger partial charge in [0.2, 0.25) is 0 Å². The van der Waals surface area contributed by atoms with E-state index < -0.39 is 23.4 Å². The Kier molecular flexibility index (Phi) is 5.24. The van der Waals surface area contributed by atoms with Gasteiger partial charge in [0.25, 0.3) is 0 Å². The SMILES string of the molecule is CCC1CCC(c2cc(F)c(/C=C/C(F)(F)F)c(F)c2)CC1. The molecule has 5 heteroatoms. The molecule has 0 aromatic heterocycles. The van der Waals surface area contributed by atoms with Crippen LogP contribution in [0.5, 0.6) is 0 Å². The van der Waals surface area contributed by atoms with Gasteiger partial charge in [0.05, 0.1) is 0 Å². The molecule has 22 heavy (non-hydrogen) atoms. The van der Waals surface area contributed by atoms with E-state index >= 15 is 0 Å². The fraction of sp³-hybridized carbons (Fsp3) is 0.529. The molecule has 0 atom stereocenters. The summed E-state index contributed by atoms with van der Waals surface area (Å²) in [7, 11) is 0. The highest BCUT2D eigenvalue weighted by Crippen LogP contribution is 2.38. The Morgan fingerprint density at radius 1 is 1.05 bits per heavy atom. The summed E-state index contributed by atoms with van der Waals surface area (Å²) in [6.45, 7) is 2.13. The first-order valence-corrected chi connectivity index (χ1v) is 7.55. The molecule has 0 nitrogen and oxygen atoms in total. The number of halogens is 5. The van der Waals surface area contributed by atoms with Gasteiger partial charge in [0.1, 0.15) is 11.6 Å². The molecule has 1 aromatic rings. The van der Waals surface area contributed by atoms with Gasteiger partial charge in [0.15, 0.2) is 0 Å². The zero-order valence-electron chi connectivity index (χ0n) is 12.4. The second-order valence-electron chi connectivity index (χ2n) is 5.90. The molecule has 0 N–H and O–H groups in total. The number of rotatable bonds is 3. The number of allylic oxidation sites excluding steroid dienone is 1. The fourth-order valence-electron chi connectivity index (χ4n) is 3.08. The topological polar surface area (TPSA) is 0 Å². The van der Waals surface area contributed by atoms with Crippen LogP contribution in [0.1, 0.15) is 56.1 Å². The lowest BCUT2D eigenvalue weighted by molar-refractivity contribution is -0.0790. The zero-order chi connectivity index (χ0) is 16.3. The monoisotopic (exact) mass is 318 g/mol. The molecule has 0 aliphatic heterocycles. The van der Waals surface area contributed by atoms with Crippen molar-refractivity contribution >= 4 is 6.08 Å². The summed E-state index contributed by atoms with van der Waals surface area (Å²) < 4.78 is 64.2. The van der Waals surface area contributed by atoms with E-state index in [1.807, 2.05) is 0 Å². The molecule has 0 heterocycles. The Labute approximate surface area is 127 Å². The van der Waals surface area contributed by atoms with Crippen LogP contribution in [0.25, 0.3) is 6.08 Å². The number of alkyl halides is 3. The van der Waals surface area contributed by atoms with Crippen molar-refractivity contribution in [2.75, 3.05) is 0 Å². The molecule has 1 saturated carbocycles. The van der Waals surface area contributed by atoms with Gasteiger partial charge in [-0.15, -0.1) is 0 Å². The molecule has 1 fully saturated rings. The number of hydrogen-bond acceptors (Lipinski definition) is 0. The average molecular weight is 318 g/mol. The summed E-state index contributed by atoms with van der Waals surface area (Å²) in [5.41, 5.74) is -0.0861. The van der Waals surface area contributed by atoms with Gasteiger partial charge in [-0.3, -0.25) is 0 Å². The van der Waals surface area contributed by atoms with Gasteiger partial charge < -0.3 is 0 Å². The van der Waals surface area contributed by atoms with Gasteiger partial charge in [0, 0.05) is 11.6 Å². The molecule has 2 rings (SSSR count). The van der Waals surface area contributed by atoms with Crippen molar-refractivity contribution in [2.24, 2.45) is 5.92 Å². The standard InChI is InChI=1S/C17H19F5/c1-2-11-3-5-12(6-4-11)13-9-15(18)14(16(19)10-13)7-8-17(20,21)22/h7-12H,2-6H2,1H3/b8-7+. The predicted molar refractivity (Wildman–Crippen MR) is 76.4 cm³/mol. The van der Waals surface area contributed by atoms with Gasteiger partial charge in [-0.05, 0) is 61.3 Å². The lowest BCUT2D eigenvalue weighted by Gasteiger charge is -2.28. The molecule has 0 unspecified atom stereocenters. The van der Waals surface area contributed by atoms with E-state index in [2.05, 4.69) is 6.92 Å². The van der Waals surface area contributed by atoms with Crippen molar-refractivity contribution < 1.29 is 22.0 Å². The van der Waals surface area contributed by atoms with Crippen LogP contribution in [-0.4, -0.2) is 6.18 Å². The highest BCUT2D eigenvalue weighted by Gasteiger charge is 2.25. The van der Waals surface area contributed by atoms with E-state index in [4.69, 9.17) is 0 Å². The smallest absolute Gasteiger partial charge is 0.206 e. The summed E-state index contributed by atoms with van der Waals surface area (Å²) in [5.74, 6) is -1.12. The van der Waals surface area contributed by atoms with Crippen molar-refractivity contribution in [1.82, 2.24) is 0 Å². The molecule has 0 radical (unpaired) electrons. The zero-order valence-corrected chi connectivity index (χ0v) is 12.4. The predicted octanol–water partition coefficient (Wildman–Crippen LogP) is 6.22. The highest BCUT2D eigenvalue weighted by atomic mass is 19.4. The minimum Gasteiger partial charge on any atom is -0.206 e. The van der Waals surface area contributed by atoms with Crippen molar-refractivity contribution in [3.05, 3.63) is 41.0 Å². The molecule has 1 aliphatic rings. The average Bonchev–Trinajstić information content (AvgIpc) is 2.45. The van der Waals surface area contributed by atoms with Crippen LogP contribution in [0.3, 0.4) is 0 Å². The molecule has 0 saturated heterocycles. The van der Waals surface area contributed by atoms with Gasteiger partial charge in [-0.2, -0.15) is 13.2 Å². The molecule has 1 aromatic carbocycles. The number of benzene rings is 1. The van der Waals surface area contributed by atoms with Crippen LogP contribution in [-0.2, 0) is 0 Å². The van der Waals surface area contributed by atoms with Crippen molar-refractivity contribution in [3.63, 3.8) is 0 Å². The second kappa shape index (κ2) is 6.80. The third-order valence-corrected chi connectivity index (χ3v) is 4.44. The minimum atomic E-state index is -4.59. The summed E-state index contributed by atoms with van der Waals surface area (Å²) in [6.07, 6.45) is 0.611. The maximum absolute atomic E-state index is 13.9. The summed E-state index contributed by atoms with van der Waals surface area (Å²) in [5, 5.41) is 0. The maximum Gasteiger partial charge on any atom is 0.409 e. The van der Waals surface area contributed by atoms with Crippen LogP contribution >= 0.6 is 0 Å². The molecule has 0 amide bonds. The van der Waals surface area contributed by atoms with Crippen LogP contribution in [0.2, 0.25) is 0 Å². The Bertz CT molecular complexity index is 513. The van der Waals surface area contributed by atoms with Gasteiger partial charge in [-0.25, -0.2) is 8.78 Å². The minimum absolute atomic E-state index is 0.0902. The van der Waals surface area contributed by atoms with E-state index in [9.17, 15) is 22.0 Å².